The number of carbonyl (C=O) groups is 2. The van der Waals surface area contributed by atoms with E-state index in [1.165, 1.54) is 6.42 Å². The topological polar surface area (TPSA) is 62.3 Å². The first-order chi connectivity index (χ1) is 14.7. The highest BCUT2D eigenvalue weighted by Crippen LogP contribution is 2.41. The van der Waals surface area contributed by atoms with Gasteiger partial charge in [0.2, 0.25) is 5.91 Å². The summed E-state index contributed by atoms with van der Waals surface area (Å²) in [7, 11) is 0. The van der Waals surface area contributed by atoms with Crippen molar-refractivity contribution in [1.82, 2.24) is 9.88 Å². The van der Waals surface area contributed by atoms with Gasteiger partial charge in [0.15, 0.2) is 0 Å². The summed E-state index contributed by atoms with van der Waals surface area (Å²) in [5.41, 5.74) is 2.28. The summed E-state index contributed by atoms with van der Waals surface area (Å²) >= 11 is 0. The van der Waals surface area contributed by atoms with Crippen molar-refractivity contribution < 1.29 is 9.59 Å². The zero-order valence-electron chi connectivity index (χ0n) is 16.8. The second-order valence-electron chi connectivity index (χ2n) is 8.34. The molecule has 1 aliphatic carbocycles. The molecule has 1 saturated carbocycles. The number of hydrogen-bond donors (Lipinski definition) is 1. The van der Waals surface area contributed by atoms with Gasteiger partial charge in [-0.3, -0.25) is 14.6 Å². The Morgan fingerprint density at radius 1 is 0.967 bits per heavy atom. The van der Waals surface area contributed by atoms with Crippen molar-refractivity contribution >= 4 is 28.4 Å². The van der Waals surface area contributed by atoms with E-state index in [1.54, 1.807) is 6.20 Å². The van der Waals surface area contributed by atoms with Crippen LogP contribution in [0.2, 0.25) is 0 Å². The number of likely N-dealkylation sites (tertiary alicyclic amines) is 1. The van der Waals surface area contributed by atoms with Crippen molar-refractivity contribution in [3.8, 4) is 0 Å². The fraction of sp³-hybridized carbons (Fsp3) is 0.320. The number of benzene rings is 2. The van der Waals surface area contributed by atoms with E-state index in [4.69, 9.17) is 0 Å². The van der Waals surface area contributed by atoms with Crippen LogP contribution in [0.15, 0.2) is 66.9 Å². The molecule has 1 aromatic heterocycles. The smallest absolute Gasteiger partial charge is 0.254 e. The van der Waals surface area contributed by atoms with E-state index in [-0.39, 0.29) is 17.9 Å². The summed E-state index contributed by atoms with van der Waals surface area (Å²) in [5.74, 6) is 0.271. The Hall–Kier alpha value is -3.21. The molecule has 3 unspecified atom stereocenters. The number of rotatable bonds is 3. The minimum atomic E-state index is -0.435. The van der Waals surface area contributed by atoms with Gasteiger partial charge >= 0.3 is 0 Å². The molecular formula is C25H25N3O2. The molecule has 152 valence electrons. The third kappa shape index (κ3) is 3.45. The van der Waals surface area contributed by atoms with Crippen LogP contribution >= 0.6 is 0 Å². The Balaban J connectivity index is 1.42. The van der Waals surface area contributed by atoms with E-state index in [0.717, 1.165) is 42.3 Å². The van der Waals surface area contributed by atoms with Crippen LogP contribution in [0.3, 0.4) is 0 Å². The van der Waals surface area contributed by atoms with E-state index in [0.29, 0.717) is 11.5 Å². The Morgan fingerprint density at radius 3 is 2.67 bits per heavy atom. The number of amides is 2. The van der Waals surface area contributed by atoms with Gasteiger partial charge in [0.05, 0.1) is 5.52 Å². The monoisotopic (exact) mass is 399 g/mol. The van der Waals surface area contributed by atoms with Gasteiger partial charge in [0.1, 0.15) is 6.04 Å². The SMILES string of the molecule is O=C(Nc1ccc2ncccc2c1)C1CC2CCCCC2N1C(=O)c1ccccc1. The first-order valence-corrected chi connectivity index (χ1v) is 10.7. The predicted octanol–water partition coefficient (Wildman–Crippen LogP) is 4.65. The first-order valence-electron chi connectivity index (χ1n) is 10.7. The number of fused-ring (bicyclic) bond motifs is 2. The third-order valence-corrected chi connectivity index (χ3v) is 6.52. The lowest BCUT2D eigenvalue weighted by Crippen LogP contribution is -2.47. The largest absolute Gasteiger partial charge is 0.324 e. The van der Waals surface area contributed by atoms with Gasteiger partial charge in [-0.25, -0.2) is 0 Å². The van der Waals surface area contributed by atoms with E-state index in [9.17, 15) is 9.59 Å². The van der Waals surface area contributed by atoms with Crippen LogP contribution in [0.25, 0.3) is 10.9 Å². The fourth-order valence-corrected chi connectivity index (χ4v) is 5.09. The van der Waals surface area contributed by atoms with Crippen molar-refractivity contribution in [1.29, 1.82) is 0 Å². The number of hydrogen-bond acceptors (Lipinski definition) is 3. The third-order valence-electron chi connectivity index (χ3n) is 6.52. The van der Waals surface area contributed by atoms with Gasteiger partial charge in [-0.1, -0.05) is 37.1 Å². The molecule has 0 spiro atoms. The van der Waals surface area contributed by atoms with Gasteiger partial charge in [0.25, 0.3) is 5.91 Å². The van der Waals surface area contributed by atoms with E-state index in [2.05, 4.69) is 10.3 Å². The molecule has 2 heterocycles. The average molecular weight is 399 g/mol. The molecule has 5 rings (SSSR count). The fourth-order valence-electron chi connectivity index (χ4n) is 5.09. The van der Waals surface area contributed by atoms with E-state index >= 15 is 0 Å². The van der Waals surface area contributed by atoms with Crippen molar-refractivity contribution in [3.63, 3.8) is 0 Å². The molecule has 5 heteroatoms. The maximum Gasteiger partial charge on any atom is 0.254 e. The molecule has 1 saturated heterocycles. The Kier molecular flexibility index (Phi) is 4.95. The zero-order chi connectivity index (χ0) is 20.5. The van der Waals surface area contributed by atoms with Gasteiger partial charge in [-0.15, -0.1) is 0 Å². The number of nitrogens with zero attached hydrogens (tertiary/aromatic N) is 2. The number of pyridine rings is 1. The van der Waals surface area contributed by atoms with Crippen LogP contribution in [-0.4, -0.2) is 33.8 Å². The lowest BCUT2D eigenvalue weighted by molar-refractivity contribution is -0.120. The lowest BCUT2D eigenvalue weighted by atomic mass is 9.84. The molecule has 30 heavy (non-hydrogen) atoms. The molecule has 3 aromatic rings. The van der Waals surface area contributed by atoms with E-state index in [1.807, 2.05) is 65.6 Å². The highest BCUT2D eigenvalue weighted by Gasteiger charge is 2.47. The van der Waals surface area contributed by atoms with Gasteiger partial charge in [-0.05, 0) is 61.6 Å². The Bertz CT molecular complexity index is 1080. The summed E-state index contributed by atoms with van der Waals surface area (Å²) in [4.78, 5) is 32.9. The van der Waals surface area contributed by atoms with Crippen LogP contribution < -0.4 is 5.32 Å². The van der Waals surface area contributed by atoms with Crippen LogP contribution in [-0.2, 0) is 4.79 Å². The second-order valence-corrected chi connectivity index (χ2v) is 8.34. The zero-order valence-corrected chi connectivity index (χ0v) is 16.8. The van der Waals surface area contributed by atoms with Gasteiger partial charge in [0, 0.05) is 28.9 Å². The number of aromatic nitrogens is 1. The lowest BCUT2D eigenvalue weighted by Gasteiger charge is -2.33. The summed E-state index contributed by atoms with van der Waals surface area (Å²) in [6.07, 6.45) is 6.87. The highest BCUT2D eigenvalue weighted by atomic mass is 16.2. The maximum absolute atomic E-state index is 13.4. The molecule has 0 bridgehead atoms. The van der Waals surface area contributed by atoms with Gasteiger partial charge in [-0.2, -0.15) is 0 Å². The van der Waals surface area contributed by atoms with Crippen molar-refractivity contribution in [2.45, 2.75) is 44.2 Å². The van der Waals surface area contributed by atoms with Crippen LogP contribution in [0.4, 0.5) is 5.69 Å². The molecule has 2 amide bonds. The Morgan fingerprint density at radius 2 is 1.80 bits per heavy atom. The summed E-state index contributed by atoms with van der Waals surface area (Å²) in [6.45, 7) is 0. The molecule has 2 aromatic carbocycles. The molecule has 5 nitrogen and oxygen atoms in total. The minimum Gasteiger partial charge on any atom is -0.324 e. The molecular weight excluding hydrogens is 374 g/mol. The first kappa shape index (κ1) is 18.8. The van der Waals surface area contributed by atoms with E-state index < -0.39 is 6.04 Å². The summed E-state index contributed by atoms with van der Waals surface area (Å²) in [6, 6.07) is 18.6. The number of anilines is 1. The quantitative estimate of drug-likeness (QED) is 0.697. The molecule has 3 atom stereocenters. The van der Waals surface area contributed by atoms with Crippen LogP contribution in [0.1, 0.15) is 42.5 Å². The summed E-state index contributed by atoms with van der Waals surface area (Å²) < 4.78 is 0. The minimum absolute atomic E-state index is 0.0344. The normalized spacial score (nSPS) is 23.2. The summed E-state index contributed by atoms with van der Waals surface area (Å²) in [5, 5.41) is 4.04. The van der Waals surface area contributed by atoms with Crippen molar-refractivity contribution in [2.75, 3.05) is 5.32 Å². The number of nitrogens with one attached hydrogen (secondary N) is 1. The van der Waals surface area contributed by atoms with Crippen LogP contribution in [0, 0.1) is 5.92 Å². The number of carbonyl (C=O) groups excluding carboxylic acids is 2. The van der Waals surface area contributed by atoms with Crippen molar-refractivity contribution in [3.05, 3.63) is 72.4 Å². The molecule has 2 fully saturated rings. The van der Waals surface area contributed by atoms with Gasteiger partial charge < -0.3 is 10.2 Å². The molecule has 1 aliphatic heterocycles. The second kappa shape index (κ2) is 7.90. The standard InChI is InChI=1S/C25H25N3O2/c29-24(27-20-12-13-21-18(15-20)10-6-14-26-21)23-16-19-9-4-5-11-22(19)28(23)25(30)17-7-2-1-3-8-17/h1-3,6-8,10,12-15,19,22-23H,4-5,9,11,16H2,(H,27,29). The maximum atomic E-state index is 13.4. The van der Waals surface area contributed by atoms with Crippen LogP contribution in [0.5, 0.6) is 0 Å². The highest BCUT2D eigenvalue weighted by molar-refractivity contribution is 6.02. The Labute approximate surface area is 176 Å². The average Bonchev–Trinajstić information content (AvgIpc) is 3.19. The molecule has 1 N–H and O–H groups in total. The molecule has 0 radical (unpaired) electrons. The van der Waals surface area contributed by atoms with Crippen molar-refractivity contribution in [2.24, 2.45) is 5.92 Å². The predicted molar refractivity (Wildman–Crippen MR) is 117 cm³/mol. The molecule has 2 aliphatic rings.